The Morgan fingerprint density at radius 3 is 2.84 bits per heavy atom. The largest absolute Gasteiger partial charge is 0.480 e. The van der Waals surface area contributed by atoms with Crippen LogP contribution >= 0.6 is 0 Å². The van der Waals surface area contributed by atoms with E-state index in [-0.39, 0.29) is 25.0 Å². The Morgan fingerprint density at radius 2 is 2.21 bits per heavy atom. The lowest BCUT2D eigenvalue weighted by molar-refractivity contribution is -0.165. The van der Waals surface area contributed by atoms with E-state index >= 15 is 0 Å². The van der Waals surface area contributed by atoms with Gasteiger partial charge in [0.25, 0.3) is 0 Å². The van der Waals surface area contributed by atoms with Crippen molar-refractivity contribution in [1.82, 2.24) is 14.9 Å². The second-order valence-electron chi connectivity index (χ2n) is 4.72. The van der Waals surface area contributed by atoms with Crippen LogP contribution in [-0.2, 0) is 26.3 Å². The SMILES string of the molecule is O=C(O)C1Cc2[nH]cnc2C2(C(=O)O)CCC(=O)N12. The predicted octanol–water partition coefficient (Wildman–Crippen LogP) is -0.679. The summed E-state index contributed by atoms with van der Waals surface area (Å²) in [6.07, 6.45) is 1.44. The molecular weight excluding hydrogens is 254 g/mol. The van der Waals surface area contributed by atoms with E-state index in [4.69, 9.17) is 0 Å². The number of amides is 1. The van der Waals surface area contributed by atoms with Gasteiger partial charge in [-0.15, -0.1) is 0 Å². The Labute approximate surface area is 107 Å². The van der Waals surface area contributed by atoms with Crippen molar-refractivity contribution in [3.05, 3.63) is 17.7 Å². The highest BCUT2D eigenvalue weighted by Crippen LogP contribution is 2.45. The number of H-pyrrole nitrogens is 1. The average molecular weight is 265 g/mol. The minimum atomic E-state index is -1.65. The molecule has 1 aromatic rings. The van der Waals surface area contributed by atoms with Crippen LogP contribution in [0.1, 0.15) is 24.2 Å². The van der Waals surface area contributed by atoms with Crippen LogP contribution in [0.5, 0.6) is 0 Å². The fraction of sp³-hybridized carbons (Fsp3) is 0.455. The Hall–Kier alpha value is -2.38. The molecule has 0 saturated carbocycles. The number of nitrogens with one attached hydrogen (secondary N) is 1. The van der Waals surface area contributed by atoms with Crippen LogP contribution in [0.2, 0.25) is 0 Å². The van der Waals surface area contributed by atoms with Crippen LogP contribution < -0.4 is 0 Å². The van der Waals surface area contributed by atoms with E-state index in [1.54, 1.807) is 0 Å². The van der Waals surface area contributed by atoms with Crippen LogP contribution in [-0.4, -0.2) is 49.0 Å². The number of aromatic nitrogens is 2. The van der Waals surface area contributed by atoms with Crippen LogP contribution in [0.3, 0.4) is 0 Å². The van der Waals surface area contributed by atoms with Crippen molar-refractivity contribution < 1.29 is 24.6 Å². The molecule has 0 aromatic carbocycles. The third kappa shape index (κ3) is 1.28. The monoisotopic (exact) mass is 265 g/mol. The van der Waals surface area contributed by atoms with Crippen LogP contribution in [0.15, 0.2) is 6.33 Å². The molecule has 8 heteroatoms. The molecule has 0 spiro atoms. The van der Waals surface area contributed by atoms with Gasteiger partial charge in [0.15, 0.2) is 5.54 Å². The summed E-state index contributed by atoms with van der Waals surface area (Å²) in [5.74, 6) is -2.90. The van der Waals surface area contributed by atoms with E-state index in [2.05, 4.69) is 9.97 Å². The highest BCUT2D eigenvalue weighted by atomic mass is 16.4. The van der Waals surface area contributed by atoms with E-state index in [0.717, 1.165) is 4.90 Å². The second kappa shape index (κ2) is 3.56. The van der Waals surface area contributed by atoms with E-state index in [1.807, 2.05) is 0 Å². The molecule has 2 aliphatic heterocycles. The van der Waals surface area contributed by atoms with Gasteiger partial charge in [0, 0.05) is 18.5 Å². The fourth-order valence-corrected chi connectivity index (χ4v) is 3.04. The molecule has 100 valence electrons. The lowest BCUT2D eigenvalue weighted by atomic mass is 9.84. The maximum absolute atomic E-state index is 11.9. The molecule has 1 amide bonds. The predicted molar refractivity (Wildman–Crippen MR) is 59.1 cm³/mol. The van der Waals surface area contributed by atoms with Gasteiger partial charge in [-0.3, -0.25) is 4.79 Å². The first kappa shape index (κ1) is 11.7. The molecule has 1 fully saturated rings. The summed E-state index contributed by atoms with van der Waals surface area (Å²) in [6.45, 7) is 0. The summed E-state index contributed by atoms with van der Waals surface area (Å²) in [5.41, 5.74) is -0.919. The maximum atomic E-state index is 11.9. The van der Waals surface area contributed by atoms with Gasteiger partial charge in [-0.1, -0.05) is 0 Å². The summed E-state index contributed by atoms with van der Waals surface area (Å²) in [4.78, 5) is 42.7. The van der Waals surface area contributed by atoms with Gasteiger partial charge in [0.05, 0.1) is 12.0 Å². The quantitative estimate of drug-likeness (QED) is 0.651. The molecular formula is C11H11N3O5. The minimum absolute atomic E-state index is 0.0162. The molecule has 2 aliphatic rings. The number of hydrogen-bond donors (Lipinski definition) is 3. The zero-order chi connectivity index (χ0) is 13.8. The normalized spacial score (nSPS) is 28.9. The Balaban J connectivity index is 2.25. The van der Waals surface area contributed by atoms with E-state index in [0.29, 0.717) is 5.69 Å². The van der Waals surface area contributed by atoms with E-state index < -0.39 is 29.4 Å². The van der Waals surface area contributed by atoms with Crippen molar-refractivity contribution in [3.63, 3.8) is 0 Å². The van der Waals surface area contributed by atoms with Crippen LogP contribution in [0.4, 0.5) is 0 Å². The van der Waals surface area contributed by atoms with Gasteiger partial charge in [0.1, 0.15) is 6.04 Å². The highest BCUT2D eigenvalue weighted by Gasteiger charge is 2.61. The lowest BCUT2D eigenvalue weighted by Gasteiger charge is -2.41. The smallest absolute Gasteiger partial charge is 0.336 e. The van der Waals surface area contributed by atoms with Crippen LogP contribution in [0, 0.1) is 0 Å². The number of carboxylic acid groups (broad SMARTS) is 2. The van der Waals surface area contributed by atoms with Gasteiger partial charge in [-0.2, -0.15) is 0 Å². The minimum Gasteiger partial charge on any atom is -0.480 e. The number of nitrogens with zero attached hydrogens (tertiary/aromatic N) is 2. The summed E-state index contributed by atoms with van der Waals surface area (Å²) in [7, 11) is 0. The average Bonchev–Trinajstić information content (AvgIpc) is 2.93. The molecule has 3 rings (SSSR count). The Bertz CT molecular complexity index is 595. The fourth-order valence-electron chi connectivity index (χ4n) is 3.04. The maximum Gasteiger partial charge on any atom is 0.336 e. The number of aromatic amines is 1. The van der Waals surface area contributed by atoms with Crippen molar-refractivity contribution >= 4 is 17.8 Å². The first-order chi connectivity index (χ1) is 8.98. The molecule has 0 aliphatic carbocycles. The Kier molecular flexibility index (Phi) is 2.19. The summed E-state index contributed by atoms with van der Waals surface area (Å²) < 4.78 is 0. The zero-order valence-corrected chi connectivity index (χ0v) is 9.79. The molecule has 0 radical (unpaired) electrons. The number of fused-ring (bicyclic) bond motifs is 3. The number of aliphatic carboxylic acids is 2. The third-order valence-corrected chi connectivity index (χ3v) is 3.84. The molecule has 2 atom stereocenters. The van der Waals surface area contributed by atoms with Crippen molar-refractivity contribution in [2.45, 2.75) is 30.8 Å². The van der Waals surface area contributed by atoms with E-state index in [1.165, 1.54) is 6.33 Å². The molecule has 19 heavy (non-hydrogen) atoms. The molecule has 8 nitrogen and oxygen atoms in total. The summed E-state index contributed by atoms with van der Waals surface area (Å²) in [6, 6.07) is -1.17. The summed E-state index contributed by atoms with van der Waals surface area (Å²) in [5, 5.41) is 18.8. The van der Waals surface area contributed by atoms with Gasteiger partial charge >= 0.3 is 11.9 Å². The number of carboxylic acids is 2. The van der Waals surface area contributed by atoms with E-state index in [9.17, 15) is 24.6 Å². The van der Waals surface area contributed by atoms with Crippen molar-refractivity contribution in [2.75, 3.05) is 0 Å². The number of imidazole rings is 1. The number of rotatable bonds is 2. The first-order valence-corrected chi connectivity index (χ1v) is 5.79. The molecule has 2 unspecified atom stereocenters. The number of carbonyl (C=O) groups is 3. The molecule has 3 N–H and O–H groups in total. The number of hydrogen-bond acceptors (Lipinski definition) is 4. The van der Waals surface area contributed by atoms with Gasteiger partial charge < -0.3 is 20.1 Å². The van der Waals surface area contributed by atoms with Gasteiger partial charge in [-0.25, -0.2) is 14.6 Å². The van der Waals surface area contributed by atoms with Crippen molar-refractivity contribution in [2.24, 2.45) is 0 Å². The standard InChI is InChI=1S/C11H11N3O5/c15-7-1-2-11(10(18)19)8-5(12-4-13-8)3-6(9(16)17)14(7)11/h4,6H,1-3H2,(H,12,13)(H,16,17)(H,18,19). The highest BCUT2D eigenvalue weighted by molar-refractivity contribution is 5.95. The van der Waals surface area contributed by atoms with Crippen molar-refractivity contribution in [1.29, 1.82) is 0 Å². The molecule has 0 bridgehead atoms. The molecule has 1 saturated heterocycles. The summed E-state index contributed by atoms with van der Waals surface area (Å²) >= 11 is 0. The van der Waals surface area contributed by atoms with Crippen molar-refractivity contribution in [3.8, 4) is 0 Å². The molecule has 3 heterocycles. The molecule has 1 aromatic heterocycles. The third-order valence-electron chi connectivity index (χ3n) is 3.84. The Morgan fingerprint density at radius 1 is 1.47 bits per heavy atom. The van der Waals surface area contributed by atoms with Gasteiger partial charge in [-0.05, 0) is 6.42 Å². The zero-order valence-electron chi connectivity index (χ0n) is 9.79. The van der Waals surface area contributed by atoms with Gasteiger partial charge in [0.2, 0.25) is 5.91 Å². The number of carbonyl (C=O) groups excluding carboxylic acids is 1. The second-order valence-corrected chi connectivity index (χ2v) is 4.72. The van der Waals surface area contributed by atoms with Crippen LogP contribution in [0.25, 0.3) is 0 Å². The lowest BCUT2D eigenvalue weighted by Crippen LogP contribution is -2.60. The topological polar surface area (TPSA) is 124 Å². The first-order valence-electron chi connectivity index (χ1n) is 5.79.